The van der Waals surface area contributed by atoms with Crippen LogP contribution in [0.15, 0.2) is 34.5 Å². The van der Waals surface area contributed by atoms with E-state index in [0.29, 0.717) is 11.7 Å². The molecule has 45 heavy (non-hydrogen) atoms. The monoisotopic (exact) mass is 637 g/mol. The van der Waals surface area contributed by atoms with Gasteiger partial charge in [0, 0.05) is 23.9 Å². The minimum absolute atomic E-state index is 0.0432. The van der Waals surface area contributed by atoms with E-state index in [4.69, 9.17) is 4.74 Å². The van der Waals surface area contributed by atoms with E-state index in [1.807, 2.05) is 38.1 Å². The Kier molecular flexibility index (Phi) is 12.2. The molecule has 1 heterocycles. The number of ketones is 1. The van der Waals surface area contributed by atoms with Crippen LogP contribution in [0.5, 0.6) is 0 Å². The standard InChI is InChI=1S/C28H32F5N5O3.C4H8/c1-15-35-37-26(38-36-15)17-8-6-16(7-9-17)10-19(40)34-12-28(4,5)14-41-13-27(2,3)11-18(39)20-21(29)23(31)25(33)24(32)22(20)30;1-2-4-3-1/h6-9H,10-14H2,1-5H3,(H,34,40)(H,35,36)(H,37,38);1-4H2. The summed E-state index contributed by atoms with van der Waals surface area (Å²) in [6.45, 7) is 9.00. The summed E-state index contributed by atoms with van der Waals surface area (Å²) in [4.78, 5) is 25.0. The molecule has 4 rings (SSSR count). The lowest BCUT2D eigenvalue weighted by Crippen LogP contribution is -2.38. The van der Waals surface area contributed by atoms with Crippen LogP contribution in [-0.4, -0.2) is 43.1 Å². The summed E-state index contributed by atoms with van der Waals surface area (Å²) in [6, 6.07) is 7.27. The molecular weight excluding hydrogens is 597 g/mol. The second-order valence-corrected chi connectivity index (χ2v) is 12.8. The number of amides is 1. The van der Waals surface area contributed by atoms with Gasteiger partial charge >= 0.3 is 0 Å². The molecule has 0 atom stereocenters. The number of halogens is 5. The second-order valence-electron chi connectivity index (χ2n) is 12.8. The van der Waals surface area contributed by atoms with Crippen LogP contribution >= 0.6 is 0 Å². The van der Waals surface area contributed by atoms with Crippen LogP contribution in [-0.2, 0) is 16.0 Å². The predicted molar refractivity (Wildman–Crippen MR) is 161 cm³/mol. The number of benzene rings is 2. The van der Waals surface area contributed by atoms with Crippen molar-refractivity contribution in [3.63, 3.8) is 0 Å². The van der Waals surface area contributed by atoms with E-state index in [0.717, 1.165) is 11.1 Å². The molecule has 2 aromatic carbocycles. The first-order valence-electron chi connectivity index (χ1n) is 14.7. The van der Waals surface area contributed by atoms with Crippen molar-refractivity contribution in [1.29, 1.82) is 0 Å². The summed E-state index contributed by atoms with van der Waals surface area (Å²) < 4.78 is 74.0. The highest BCUT2D eigenvalue weighted by Gasteiger charge is 2.33. The fraction of sp³-hybridized carbons (Fsp3) is 0.500. The summed E-state index contributed by atoms with van der Waals surface area (Å²) >= 11 is 0. The summed E-state index contributed by atoms with van der Waals surface area (Å²) in [5.41, 5.74) is 4.24. The first kappa shape index (κ1) is 35.6. The van der Waals surface area contributed by atoms with Crippen molar-refractivity contribution in [3.8, 4) is 0 Å². The largest absolute Gasteiger partial charge is 0.380 e. The van der Waals surface area contributed by atoms with Gasteiger partial charge in [-0.1, -0.05) is 77.6 Å². The lowest BCUT2D eigenvalue weighted by molar-refractivity contribution is -0.121. The van der Waals surface area contributed by atoms with Crippen molar-refractivity contribution >= 4 is 23.4 Å². The van der Waals surface area contributed by atoms with E-state index < -0.39 is 57.7 Å². The summed E-state index contributed by atoms with van der Waals surface area (Å²) in [6.07, 6.45) is 5.63. The fourth-order valence-electron chi connectivity index (χ4n) is 4.15. The molecule has 8 nitrogen and oxygen atoms in total. The SMILES string of the molecule is C1CCC1.CC1=NNC(c2ccc(CC(=O)NCC(C)(C)COCC(C)(C)CC(=O)c3c(F)c(F)c(F)c(F)c3F)cc2)=NN1. The number of carbonyl (C=O) groups excluding carboxylic acids is 2. The number of amidine groups is 2. The Morgan fingerprint density at radius 2 is 1.33 bits per heavy atom. The van der Waals surface area contributed by atoms with Crippen molar-refractivity contribution in [2.75, 3.05) is 19.8 Å². The third-order valence-corrected chi connectivity index (χ3v) is 7.13. The number of hydrogen-bond donors (Lipinski definition) is 3. The third kappa shape index (κ3) is 10.3. The zero-order chi connectivity index (χ0) is 33.4. The fourth-order valence-corrected chi connectivity index (χ4v) is 4.15. The molecule has 0 radical (unpaired) electrons. The molecule has 1 fully saturated rings. The Bertz CT molecular complexity index is 1400. The molecule has 1 aliphatic heterocycles. The van der Waals surface area contributed by atoms with Crippen LogP contribution in [0, 0.1) is 39.9 Å². The van der Waals surface area contributed by atoms with Crippen LogP contribution in [0.1, 0.15) is 88.2 Å². The van der Waals surface area contributed by atoms with E-state index in [2.05, 4.69) is 26.4 Å². The van der Waals surface area contributed by atoms with E-state index >= 15 is 0 Å². The number of rotatable bonds is 12. The zero-order valence-corrected chi connectivity index (χ0v) is 26.2. The highest BCUT2D eigenvalue weighted by Crippen LogP contribution is 2.29. The average Bonchev–Trinajstić information content (AvgIpc) is 2.93. The van der Waals surface area contributed by atoms with E-state index in [9.17, 15) is 31.5 Å². The van der Waals surface area contributed by atoms with Gasteiger partial charge in [-0.2, -0.15) is 10.2 Å². The van der Waals surface area contributed by atoms with Crippen molar-refractivity contribution < 1.29 is 36.3 Å². The number of ether oxygens (including phenoxy) is 1. The molecule has 2 aromatic rings. The number of hydrazone groups is 2. The Balaban J connectivity index is 0.00000127. The normalized spacial score (nSPS) is 14.5. The van der Waals surface area contributed by atoms with Gasteiger partial charge in [0.25, 0.3) is 0 Å². The third-order valence-electron chi connectivity index (χ3n) is 7.13. The minimum atomic E-state index is -2.32. The van der Waals surface area contributed by atoms with Gasteiger partial charge in [0.1, 0.15) is 5.84 Å². The summed E-state index contributed by atoms with van der Waals surface area (Å²) in [5.74, 6) is -11.2. The van der Waals surface area contributed by atoms with Gasteiger partial charge in [0.2, 0.25) is 11.7 Å². The van der Waals surface area contributed by atoms with Gasteiger partial charge in [0.05, 0.1) is 25.2 Å². The number of hydrogen-bond acceptors (Lipinski definition) is 7. The Morgan fingerprint density at radius 3 is 1.84 bits per heavy atom. The maximum atomic E-state index is 14.0. The molecule has 1 aliphatic carbocycles. The van der Waals surface area contributed by atoms with Crippen molar-refractivity contribution in [2.24, 2.45) is 21.0 Å². The predicted octanol–water partition coefficient (Wildman–Crippen LogP) is 6.13. The molecule has 246 valence electrons. The highest BCUT2D eigenvalue weighted by molar-refractivity contribution is 6.01. The Hall–Kier alpha value is -3.87. The van der Waals surface area contributed by atoms with Crippen molar-refractivity contribution in [3.05, 3.63) is 70.0 Å². The van der Waals surface area contributed by atoms with Gasteiger partial charge in [-0.05, 0) is 17.9 Å². The molecule has 0 aromatic heterocycles. The first-order chi connectivity index (χ1) is 21.1. The topological polar surface area (TPSA) is 104 Å². The number of nitrogens with zero attached hydrogens (tertiary/aromatic N) is 2. The van der Waals surface area contributed by atoms with E-state index in [1.54, 1.807) is 20.8 Å². The molecule has 0 unspecified atom stereocenters. The van der Waals surface area contributed by atoms with Crippen molar-refractivity contribution in [1.82, 2.24) is 16.2 Å². The lowest BCUT2D eigenvalue weighted by Gasteiger charge is -2.29. The molecule has 13 heteroatoms. The van der Waals surface area contributed by atoms with E-state index in [1.165, 1.54) is 25.7 Å². The first-order valence-corrected chi connectivity index (χ1v) is 14.7. The lowest BCUT2D eigenvalue weighted by atomic mass is 9.86. The average molecular weight is 638 g/mol. The molecule has 1 amide bonds. The molecule has 0 spiro atoms. The molecule has 1 saturated carbocycles. The van der Waals surface area contributed by atoms with E-state index in [-0.39, 0.29) is 32.1 Å². The van der Waals surface area contributed by atoms with Crippen LogP contribution in [0.25, 0.3) is 0 Å². The summed E-state index contributed by atoms with van der Waals surface area (Å²) in [5, 5.41) is 11.1. The van der Waals surface area contributed by atoms with Crippen LogP contribution < -0.4 is 16.2 Å². The smallest absolute Gasteiger partial charge is 0.224 e. The Labute approximate surface area is 259 Å². The van der Waals surface area contributed by atoms with Crippen molar-refractivity contribution in [2.45, 2.75) is 73.1 Å². The van der Waals surface area contributed by atoms with Gasteiger partial charge in [-0.15, -0.1) is 0 Å². The number of Topliss-reactive ketones (excluding diaryl/α,β-unsaturated/α-hetero) is 1. The van der Waals surface area contributed by atoms with Gasteiger partial charge in [-0.3, -0.25) is 20.4 Å². The quantitative estimate of drug-likeness (QED) is 0.112. The van der Waals surface area contributed by atoms with Crippen LogP contribution in [0.4, 0.5) is 22.0 Å². The number of nitrogens with one attached hydrogen (secondary N) is 3. The van der Waals surface area contributed by atoms with Crippen LogP contribution in [0.3, 0.4) is 0 Å². The second kappa shape index (κ2) is 15.4. The van der Waals surface area contributed by atoms with Gasteiger partial charge in [0.15, 0.2) is 34.9 Å². The summed E-state index contributed by atoms with van der Waals surface area (Å²) in [7, 11) is 0. The van der Waals surface area contributed by atoms with Crippen LogP contribution in [0.2, 0.25) is 0 Å². The highest BCUT2D eigenvalue weighted by atomic mass is 19.2. The maximum absolute atomic E-state index is 14.0. The molecule has 3 N–H and O–H groups in total. The minimum Gasteiger partial charge on any atom is -0.380 e. The molecule has 2 aliphatic rings. The molecule has 0 bridgehead atoms. The number of carbonyl (C=O) groups is 2. The Morgan fingerprint density at radius 1 is 0.800 bits per heavy atom. The molecule has 0 saturated heterocycles. The van der Waals surface area contributed by atoms with Gasteiger partial charge in [-0.25, -0.2) is 22.0 Å². The maximum Gasteiger partial charge on any atom is 0.224 e. The molecular formula is C32H40F5N5O3. The van der Waals surface area contributed by atoms with Gasteiger partial charge < -0.3 is 10.1 Å². The zero-order valence-electron chi connectivity index (χ0n) is 26.2.